The van der Waals surface area contributed by atoms with E-state index in [-0.39, 0.29) is 29.8 Å². The summed E-state index contributed by atoms with van der Waals surface area (Å²) in [5, 5.41) is 2.89. The number of likely N-dealkylation sites (tertiary alicyclic amines) is 1. The molecule has 0 aromatic heterocycles. The van der Waals surface area contributed by atoms with Gasteiger partial charge < -0.3 is 14.8 Å². The zero-order chi connectivity index (χ0) is 16.2. The van der Waals surface area contributed by atoms with Crippen LogP contribution in [0.25, 0.3) is 0 Å². The van der Waals surface area contributed by atoms with Gasteiger partial charge in [-0.1, -0.05) is 18.2 Å². The molecule has 3 rings (SSSR count). The second kappa shape index (κ2) is 7.38. The molecule has 1 amide bonds. The van der Waals surface area contributed by atoms with Crippen molar-refractivity contribution >= 4 is 5.91 Å². The van der Waals surface area contributed by atoms with Crippen LogP contribution in [0.15, 0.2) is 24.3 Å². The molecule has 2 aliphatic rings. The number of nitrogens with zero attached hydrogens (tertiary/aromatic N) is 1. The molecule has 1 aromatic rings. The first-order valence-corrected chi connectivity index (χ1v) is 8.06. The van der Waals surface area contributed by atoms with E-state index >= 15 is 0 Å². The lowest BCUT2D eigenvalue weighted by molar-refractivity contribution is -0.127. The maximum atomic E-state index is 13.9. The SMILES string of the molecule is COCCNC(=O)[C@@H]1CN(Cc2ccccc2F)[C@H]2CCO[C@@H]12. The normalized spacial score (nSPS) is 27.1. The highest BCUT2D eigenvalue weighted by molar-refractivity contribution is 5.80. The Morgan fingerprint density at radius 1 is 1.48 bits per heavy atom. The Morgan fingerprint density at radius 2 is 2.30 bits per heavy atom. The quantitative estimate of drug-likeness (QED) is 0.799. The van der Waals surface area contributed by atoms with Gasteiger partial charge in [-0.2, -0.15) is 0 Å². The van der Waals surface area contributed by atoms with E-state index in [4.69, 9.17) is 9.47 Å². The molecule has 0 unspecified atom stereocenters. The Hall–Kier alpha value is -1.50. The molecule has 1 aromatic carbocycles. The molecule has 0 spiro atoms. The molecule has 1 N–H and O–H groups in total. The van der Waals surface area contributed by atoms with Crippen molar-refractivity contribution in [2.75, 3.05) is 33.4 Å². The van der Waals surface area contributed by atoms with E-state index in [1.807, 2.05) is 6.07 Å². The Balaban J connectivity index is 1.66. The minimum Gasteiger partial charge on any atom is -0.383 e. The minimum absolute atomic E-state index is 0.00464. The van der Waals surface area contributed by atoms with Crippen LogP contribution in [0.2, 0.25) is 0 Å². The van der Waals surface area contributed by atoms with Gasteiger partial charge in [0.25, 0.3) is 0 Å². The third kappa shape index (κ3) is 3.54. The van der Waals surface area contributed by atoms with E-state index in [1.165, 1.54) is 6.07 Å². The first-order chi connectivity index (χ1) is 11.2. The number of rotatable bonds is 6. The number of benzene rings is 1. The molecule has 2 saturated heterocycles. The predicted octanol–water partition coefficient (Wildman–Crippen LogP) is 1.18. The topological polar surface area (TPSA) is 50.8 Å². The molecule has 6 heteroatoms. The van der Waals surface area contributed by atoms with Crippen molar-refractivity contribution in [1.29, 1.82) is 0 Å². The fraction of sp³-hybridized carbons (Fsp3) is 0.588. The van der Waals surface area contributed by atoms with Crippen LogP contribution in [0.3, 0.4) is 0 Å². The number of carbonyl (C=O) groups excluding carboxylic acids is 1. The number of ether oxygens (including phenoxy) is 2. The van der Waals surface area contributed by atoms with E-state index in [0.717, 1.165) is 6.42 Å². The highest BCUT2D eigenvalue weighted by Crippen LogP contribution is 2.34. The molecule has 0 bridgehead atoms. The van der Waals surface area contributed by atoms with E-state index in [0.29, 0.717) is 38.4 Å². The first kappa shape index (κ1) is 16.4. The van der Waals surface area contributed by atoms with E-state index in [1.54, 1.807) is 19.2 Å². The van der Waals surface area contributed by atoms with Gasteiger partial charge in [0, 0.05) is 45.0 Å². The first-order valence-electron chi connectivity index (χ1n) is 8.06. The largest absolute Gasteiger partial charge is 0.383 e. The van der Waals surface area contributed by atoms with Crippen LogP contribution in [-0.2, 0) is 20.8 Å². The molecule has 126 valence electrons. The summed E-state index contributed by atoms with van der Waals surface area (Å²) >= 11 is 0. The summed E-state index contributed by atoms with van der Waals surface area (Å²) in [6.07, 6.45) is 0.797. The fourth-order valence-corrected chi connectivity index (χ4v) is 3.53. The van der Waals surface area contributed by atoms with Crippen LogP contribution in [0, 0.1) is 11.7 Å². The van der Waals surface area contributed by atoms with Gasteiger partial charge in [-0.05, 0) is 12.5 Å². The maximum absolute atomic E-state index is 13.9. The lowest BCUT2D eigenvalue weighted by Gasteiger charge is -2.22. The minimum atomic E-state index is -0.203. The lowest BCUT2D eigenvalue weighted by atomic mass is 10.0. The number of methoxy groups -OCH3 is 1. The van der Waals surface area contributed by atoms with Gasteiger partial charge in [-0.3, -0.25) is 9.69 Å². The number of halogens is 1. The molecule has 5 nitrogen and oxygen atoms in total. The van der Waals surface area contributed by atoms with Gasteiger partial charge in [0.05, 0.1) is 18.6 Å². The summed E-state index contributed by atoms with van der Waals surface area (Å²) in [5.41, 5.74) is 0.665. The van der Waals surface area contributed by atoms with E-state index in [9.17, 15) is 9.18 Å². The van der Waals surface area contributed by atoms with Crippen LogP contribution in [0.4, 0.5) is 4.39 Å². The van der Waals surface area contributed by atoms with Gasteiger partial charge in [0.2, 0.25) is 5.91 Å². The van der Waals surface area contributed by atoms with Crippen molar-refractivity contribution in [1.82, 2.24) is 10.2 Å². The van der Waals surface area contributed by atoms with Crippen molar-refractivity contribution in [2.24, 2.45) is 5.92 Å². The Labute approximate surface area is 135 Å². The number of amides is 1. The molecule has 3 atom stereocenters. The summed E-state index contributed by atoms with van der Waals surface area (Å²) < 4.78 is 24.6. The lowest BCUT2D eigenvalue weighted by Crippen LogP contribution is -2.39. The van der Waals surface area contributed by atoms with E-state index < -0.39 is 0 Å². The van der Waals surface area contributed by atoms with Crippen LogP contribution < -0.4 is 5.32 Å². The molecule has 0 aliphatic carbocycles. The monoisotopic (exact) mass is 322 g/mol. The molecule has 2 heterocycles. The summed E-state index contributed by atoms with van der Waals surface area (Å²) in [7, 11) is 1.61. The predicted molar refractivity (Wildman–Crippen MR) is 83.3 cm³/mol. The van der Waals surface area contributed by atoms with Gasteiger partial charge >= 0.3 is 0 Å². The number of nitrogens with one attached hydrogen (secondary N) is 1. The van der Waals surface area contributed by atoms with Crippen molar-refractivity contribution in [3.8, 4) is 0 Å². The highest BCUT2D eigenvalue weighted by atomic mass is 19.1. The number of carbonyl (C=O) groups is 1. The van der Waals surface area contributed by atoms with Crippen LogP contribution in [0.1, 0.15) is 12.0 Å². The molecule has 23 heavy (non-hydrogen) atoms. The Morgan fingerprint density at radius 3 is 3.09 bits per heavy atom. The summed E-state index contributed by atoms with van der Waals surface area (Å²) in [4.78, 5) is 14.6. The summed E-state index contributed by atoms with van der Waals surface area (Å²) in [5.74, 6) is -0.405. The van der Waals surface area contributed by atoms with E-state index in [2.05, 4.69) is 10.2 Å². The second-order valence-electron chi connectivity index (χ2n) is 6.10. The summed E-state index contributed by atoms with van der Waals surface area (Å²) in [6, 6.07) is 6.99. The molecule has 2 aliphatic heterocycles. The second-order valence-corrected chi connectivity index (χ2v) is 6.10. The van der Waals surface area contributed by atoms with Crippen molar-refractivity contribution in [2.45, 2.75) is 25.1 Å². The third-order valence-electron chi connectivity index (χ3n) is 4.67. The standard InChI is InChI=1S/C17H23FN2O3/c1-22-9-7-19-17(21)13-11-20(15-6-8-23-16(13)15)10-12-4-2-3-5-14(12)18/h2-5,13,15-16H,6-11H2,1H3,(H,19,21)/t13-,15+,16+/m1/s1. The molecule has 2 fully saturated rings. The number of hydrogen-bond donors (Lipinski definition) is 1. The average molecular weight is 322 g/mol. The molecular formula is C17H23FN2O3. The van der Waals surface area contributed by atoms with Crippen molar-refractivity contribution < 1.29 is 18.7 Å². The molecule has 0 saturated carbocycles. The van der Waals surface area contributed by atoms with Gasteiger partial charge in [0.1, 0.15) is 5.82 Å². The molecular weight excluding hydrogens is 299 g/mol. The highest BCUT2D eigenvalue weighted by Gasteiger charge is 2.48. The van der Waals surface area contributed by atoms with Gasteiger partial charge in [-0.15, -0.1) is 0 Å². The molecule has 0 radical (unpaired) electrons. The Kier molecular flexibility index (Phi) is 5.25. The third-order valence-corrected chi connectivity index (χ3v) is 4.67. The van der Waals surface area contributed by atoms with Crippen LogP contribution in [-0.4, -0.2) is 56.4 Å². The smallest absolute Gasteiger partial charge is 0.227 e. The summed E-state index contributed by atoms with van der Waals surface area (Å²) in [6.45, 7) is 2.76. The van der Waals surface area contributed by atoms with Crippen LogP contribution in [0.5, 0.6) is 0 Å². The zero-order valence-electron chi connectivity index (χ0n) is 13.3. The van der Waals surface area contributed by atoms with Crippen molar-refractivity contribution in [3.63, 3.8) is 0 Å². The van der Waals surface area contributed by atoms with Crippen LogP contribution >= 0.6 is 0 Å². The zero-order valence-corrected chi connectivity index (χ0v) is 13.3. The maximum Gasteiger partial charge on any atom is 0.227 e. The number of fused-ring (bicyclic) bond motifs is 1. The number of hydrogen-bond acceptors (Lipinski definition) is 4. The fourth-order valence-electron chi connectivity index (χ4n) is 3.53. The van der Waals surface area contributed by atoms with Gasteiger partial charge in [0.15, 0.2) is 0 Å². The Bertz CT molecular complexity index is 554. The average Bonchev–Trinajstić information content (AvgIpc) is 3.13. The van der Waals surface area contributed by atoms with Gasteiger partial charge in [-0.25, -0.2) is 4.39 Å². The van der Waals surface area contributed by atoms with Crippen molar-refractivity contribution in [3.05, 3.63) is 35.6 Å².